The molecule has 3 aromatic rings. The maximum Gasteiger partial charge on any atom is 0.223 e. The minimum absolute atomic E-state index is 0.00175. The van der Waals surface area contributed by atoms with Crippen LogP contribution in [0, 0.1) is 0 Å². The number of likely N-dealkylation sites (tertiary alicyclic amines) is 1. The smallest absolute Gasteiger partial charge is 0.223 e. The third kappa shape index (κ3) is 5.55. The van der Waals surface area contributed by atoms with E-state index < -0.39 is 9.84 Å². The van der Waals surface area contributed by atoms with Crippen LogP contribution in [0.4, 0.5) is 0 Å². The van der Waals surface area contributed by atoms with E-state index in [2.05, 4.69) is 52.8 Å². The first-order chi connectivity index (χ1) is 19.2. The van der Waals surface area contributed by atoms with Crippen molar-refractivity contribution in [3.05, 3.63) is 65.3 Å². The van der Waals surface area contributed by atoms with Crippen molar-refractivity contribution in [2.24, 2.45) is 0 Å². The zero-order chi connectivity index (χ0) is 28.0. The lowest BCUT2D eigenvalue weighted by Gasteiger charge is -2.21. The number of hydrogen-bond acceptors (Lipinski definition) is 7. The number of carbonyl (C=O) groups is 1. The Balaban J connectivity index is 1.23. The molecule has 2 unspecified atom stereocenters. The SMILES string of the molecule is CCS(=O)(=O)c1cnc(CCC(=O)N2CC(c3cccc(C4CC4)n3)C(c3cc(C4CC4)nn3C(C)C)C2)nc1. The van der Waals surface area contributed by atoms with Gasteiger partial charge in [-0.05, 0) is 57.7 Å². The maximum atomic E-state index is 13.5. The van der Waals surface area contributed by atoms with Crippen molar-refractivity contribution in [1.82, 2.24) is 29.6 Å². The van der Waals surface area contributed by atoms with Gasteiger partial charge in [0.1, 0.15) is 10.7 Å². The van der Waals surface area contributed by atoms with Crippen LogP contribution in [0.2, 0.25) is 0 Å². The zero-order valence-electron chi connectivity index (χ0n) is 23.5. The Kier molecular flexibility index (Phi) is 7.23. The number of amides is 1. The molecule has 1 saturated heterocycles. The highest BCUT2D eigenvalue weighted by Crippen LogP contribution is 2.45. The standard InChI is InChI=1S/C30H38N6O3S/c1-4-40(38,39)22-15-31-29(32-16-22)12-13-30(37)35-17-23(26-7-5-6-25(33-26)20-8-9-20)24(18-35)28-14-27(21-10-11-21)34-36(28)19(2)3/h5-7,14-16,19-21,23-24H,4,8-13,17-18H2,1-3H3. The molecule has 2 atom stereocenters. The largest absolute Gasteiger partial charge is 0.341 e. The predicted molar refractivity (Wildman–Crippen MR) is 151 cm³/mol. The number of carbonyl (C=O) groups excluding carboxylic acids is 1. The number of nitrogens with zero attached hydrogens (tertiary/aromatic N) is 6. The number of aromatic nitrogens is 5. The van der Waals surface area contributed by atoms with Gasteiger partial charge < -0.3 is 4.90 Å². The Labute approximate surface area is 236 Å². The zero-order valence-corrected chi connectivity index (χ0v) is 24.3. The molecule has 1 aliphatic heterocycles. The van der Waals surface area contributed by atoms with Crippen molar-refractivity contribution in [3.8, 4) is 0 Å². The highest BCUT2D eigenvalue weighted by Gasteiger charge is 2.41. The van der Waals surface area contributed by atoms with Crippen molar-refractivity contribution in [2.75, 3.05) is 18.8 Å². The lowest BCUT2D eigenvalue weighted by molar-refractivity contribution is -0.130. The third-order valence-corrected chi connectivity index (χ3v) is 10.2. The minimum atomic E-state index is -3.35. The van der Waals surface area contributed by atoms with Crippen LogP contribution in [0.15, 0.2) is 41.6 Å². The predicted octanol–water partition coefficient (Wildman–Crippen LogP) is 4.54. The van der Waals surface area contributed by atoms with E-state index in [-0.39, 0.29) is 40.9 Å². The van der Waals surface area contributed by atoms with Gasteiger partial charge in [0.25, 0.3) is 0 Å². The fraction of sp³-hybridized carbons (Fsp3) is 0.567. The normalized spacial score (nSPS) is 21.4. The summed E-state index contributed by atoms with van der Waals surface area (Å²) in [6.45, 7) is 7.17. The fourth-order valence-electron chi connectivity index (χ4n) is 5.76. The summed E-state index contributed by atoms with van der Waals surface area (Å²) >= 11 is 0. The Hall–Kier alpha value is -3.14. The molecule has 10 heteroatoms. The monoisotopic (exact) mass is 562 g/mol. The Morgan fingerprint density at radius 2 is 1.62 bits per heavy atom. The lowest BCUT2D eigenvalue weighted by Crippen LogP contribution is -2.29. The first-order valence-corrected chi connectivity index (χ1v) is 16.3. The number of aryl methyl sites for hydroxylation is 1. The molecule has 3 aromatic heterocycles. The van der Waals surface area contributed by atoms with E-state index in [1.54, 1.807) is 6.92 Å². The summed E-state index contributed by atoms with van der Waals surface area (Å²) in [4.78, 5) is 29.1. The first-order valence-electron chi connectivity index (χ1n) is 14.6. The fourth-order valence-corrected chi connectivity index (χ4v) is 6.52. The average Bonchev–Trinajstić information content (AvgIpc) is 3.90. The number of rotatable bonds is 10. The van der Waals surface area contributed by atoms with Gasteiger partial charge in [-0.15, -0.1) is 0 Å². The number of hydrogen-bond donors (Lipinski definition) is 0. The van der Waals surface area contributed by atoms with Crippen molar-refractivity contribution in [3.63, 3.8) is 0 Å². The highest BCUT2D eigenvalue weighted by molar-refractivity contribution is 7.91. The van der Waals surface area contributed by atoms with Crippen LogP contribution in [0.1, 0.15) is 111 Å². The van der Waals surface area contributed by atoms with Gasteiger partial charge in [-0.3, -0.25) is 14.5 Å². The molecule has 0 N–H and O–H groups in total. The van der Waals surface area contributed by atoms with Crippen molar-refractivity contribution in [2.45, 2.75) is 93.9 Å². The van der Waals surface area contributed by atoms with Crippen molar-refractivity contribution >= 4 is 15.7 Å². The summed E-state index contributed by atoms with van der Waals surface area (Å²) in [5.41, 5.74) is 4.61. The van der Waals surface area contributed by atoms with E-state index in [1.807, 2.05) is 4.90 Å². The Bertz CT molecular complexity index is 1490. The molecule has 4 heterocycles. The van der Waals surface area contributed by atoms with Gasteiger partial charge in [-0.2, -0.15) is 5.10 Å². The van der Waals surface area contributed by atoms with Gasteiger partial charge in [0.05, 0.1) is 11.4 Å². The minimum Gasteiger partial charge on any atom is -0.341 e. The van der Waals surface area contributed by atoms with Crippen molar-refractivity contribution in [1.29, 1.82) is 0 Å². The van der Waals surface area contributed by atoms with Gasteiger partial charge >= 0.3 is 0 Å². The molecule has 0 aromatic carbocycles. The van der Waals surface area contributed by atoms with Crippen LogP contribution in [-0.2, 0) is 21.1 Å². The molecule has 3 aliphatic rings. The molecule has 1 amide bonds. The molecule has 2 saturated carbocycles. The summed E-state index contributed by atoms with van der Waals surface area (Å²) < 4.78 is 26.3. The summed E-state index contributed by atoms with van der Waals surface area (Å²) in [5.74, 6) is 1.87. The molecule has 212 valence electrons. The molecule has 3 fully saturated rings. The molecular formula is C30H38N6O3S. The van der Waals surface area contributed by atoms with Crippen LogP contribution in [0.25, 0.3) is 0 Å². The lowest BCUT2D eigenvalue weighted by atomic mass is 9.89. The van der Waals surface area contributed by atoms with Gasteiger partial charge in [0.2, 0.25) is 5.91 Å². The topological polar surface area (TPSA) is 111 Å². The Morgan fingerprint density at radius 3 is 2.27 bits per heavy atom. The second-order valence-electron chi connectivity index (χ2n) is 11.8. The second kappa shape index (κ2) is 10.7. The van der Waals surface area contributed by atoms with Gasteiger partial charge in [0.15, 0.2) is 9.84 Å². The summed E-state index contributed by atoms with van der Waals surface area (Å²) in [6.07, 6.45) is 8.12. The summed E-state index contributed by atoms with van der Waals surface area (Å²) in [7, 11) is -3.35. The second-order valence-corrected chi connectivity index (χ2v) is 14.1. The van der Waals surface area contributed by atoms with Crippen LogP contribution in [0.3, 0.4) is 0 Å². The molecule has 9 nitrogen and oxygen atoms in total. The van der Waals surface area contributed by atoms with E-state index in [1.165, 1.54) is 55.2 Å². The molecular weight excluding hydrogens is 524 g/mol. The van der Waals surface area contributed by atoms with E-state index in [4.69, 9.17) is 10.1 Å². The molecule has 0 bridgehead atoms. The van der Waals surface area contributed by atoms with E-state index in [0.717, 1.165) is 5.69 Å². The average molecular weight is 563 g/mol. The van der Waals surface area contributed by atoms with Crippen molar-refractivity contribution < 1.29 is 13.2 Å². The van der Waals surface area contributed by atoms with Gasteiger partial charge in [-0.25, -0.2) is 18.4 Å². The number of sulfone groups is 1. The summed E-state index contributed by atoms with van der Waals surface area (Å²) in [6, 6.07) is 8.89. The third-order valence-electron chi connectivity index (χ3n) is 8.47. The molecule has 2 aliphatic carbocycles. The maximum absolute atomic E-state index is 13.5. The van der Waals surface area contributed by atoms with Crippen LogP contribution >= 0.6 is 0 Å². The quantitative estimate of drug-likeness (QED) is 0.357. The van der Waals surface area contributed by atoms with Crippen LogP contribution in [0.5, 0.6) is 0 Å². The molecule has 0 radical (unpaired) electrons. The Morgan fingerprint density at radius 1 is 0.975 bits per heavy atom. The molecule has 40 heavy (non-hydrogen) atoms. The van der Waals surface area contributed by atoms with Gasteiger partial charge in [-0.1, -0.05) is 13.0 Å². The first kappa shape index (κ1) is 27.1. The van der Waals surface area contributed by atoms with Crippen LogP contribution < -0.4 is 0 Å². The van der Waals surface area contributed by atoms with Crippen LogP contribution in [-0.4, -0.2) is 62.8 Å². The van der Waals surface area contributed by atoms with E-state index in [9.17, 15) is 13.2 Å². The number of pyridine rings is 1. The molecule has 6 rings (SSSR count). The van der Waals surface area contributed by atoms with E-state index in [0.29, 0.717) is 37.2 Å². The molecule has 0 spiro atoms. The van der Waals surface area contributed by atoms with Gasteiger partial charge in [0, 0.05) is 85.1 Å². The summed E-state index contributed by atoms with van der Waals surface area (Å²) in [5, 5.41) is 5.01. The highest BCUT2D eigenvalue weighted by atomic mass is 32.2. The van der Waals surface area contributed by atoms with E-state index >= 15 is 0 Å².